The summed E-state index contributed by atoms with van der Waals surface area (Å²) in [5.74, 6) is 0. The van der Waals surface area contributed by atoms with Gasteiger partial charge in [-0.3, -0.25) is 4.90 Å². The zero-order chi connectivity index (χ0) is 12.3. The molecule has 1 heterocycles. The zero-order valence-electron chi connectivity index (χ0n) is 10.5. The molecule has 1 aromatic carbocycles. The van der Waals surface area contributed by atoms with E-state index in [9.17, 15) is 4.79 Å². The van der Waals surface area contributed by atoms with Crippen LogP contribution in [0.25, 0.3) is 0 Å². The summed E-state index contributed by atoms with van der Waals surface area (Å²) in [4.78, 5) is 17.7. The standard InChI is InChI=1S/C13H19N3O/c1-3-16-11-15(10-14(2)13(16)17)9-12-7-5-4-6-8-12/h4-8H,3,9-11H2,1-2H3. The van der Waals surface area contributed by atoms with E-state index in [-0.39, 0.29) is 6.03 Å². The van der Waals surface area contributed by atoms with Crippen molar-refractivity contribution in [1.82, 2.24) is 14.7 Å². The number of hydrogen-bond donors (Lipinski definition) is 0. The highest BCUT2D eigenvalue weighted by Gasteiger charge is 2.26. The molecule has 1 saturated heterocycles. The predicted octanol–water partition coefficient (Wildman–Crippen LogP) is 1.79. The molecule has 1 aromatic rings. The van der Waals surface area contributed by atoms with Gasteiger partial charge < -0.3 is 9.80 Å². The first-order chi connectivity index (χ1) is 8.20. The van der Waals surface area contributed by atoms with Crippen LogP contribution in [0.4, 0.5) is 4.79 Å². The Morgan fingerprint density at radius 1 is 1.18 bits per heavy atom. The van der Waals surface area contributed by atoms with Crippen LogP contribution in [0.3, 0.4) is 0 Å². The minimum absolute atomic E-state index is 0.122. The summed E-state index contributed by atoms with van der Waals surface area (Å²) in [6.45, 7) is 5.07. The molecule has 0 aliphatic carbocycles. The van der Waals surface area contributed by atoms with Gasteiger partial charge in [-0.2, -0.15) is 0 Å². The lowest BCUT2D eigenvalue weighted by molar-refractivity contribution is 0.0416. The molecule has 1 fully saturated rings. The van der Waals surface area contributed by atoms with Crippen molar-refractivity contribution in [2.75, 3.05) is 26.9 Å². The summed E-state index contributed by atoms with van der Waals surface area (Å²) >= 11 is 0. The lowest BCUT2D eigenvalue weighted by Crippen LogP contribution is -2.56. The summed E-state index contributed by atoms with van der Waals surface area (Å²) < 4.78 is 0. The molecule has 0 spiro atoms. The minimum Gasteiger partial charge on any atom is -0.315 e. The Kier molecular flexibility index (Phi) is 3.64. The average molecular weight is 233 g/mol. The third kappa shape index (κ3) is 2.77. The molecule has 0 atom stereocenters. The Morgan fingerprint density at radius 2 is 1.88 bits per heavy atom. The maximum absolute atomic E-state index is 11.8. The number of urea groups is 1. The number of benzene rings is 1. The Balaban J connectivity index is 2.01. The van der Waals surface area contributed by atoms with Gasteiger partial charge >= 0.3 is 6.03 Å². The van der Waals surface area contributed by atoms with Crippen LogP contribution in [0.5, 0.6) is 0 Å². The summed E-state index contributed by atoms with van der Waals surface area (Å²) in [6.07, 6.45) is 0. The molecular weight excluding hydrogens is 214 g/mol. The van der Waals surface area contributed by atoms with E-state index in [1.807, 2.05) is 37.1 Å². The van der Waals surface area contributed by atoms with Crippen LogP contribution < -0.4 is 0 Å². The largest absolute Gasteiger partial charge is 0.321 e. The van der Waals surface area contributed by atoms with Gasteiger partial charge in [0.2, 0.25) is 0 Å². The van der Waals surface area contributed by atoms with Crippen LogP contribution in [-0.2, 0) is 6.54 Å². The van der Waals surface area contributed by atoms with Crippen LogP contribution in [0.15, 0.2) is 30.3 Å². The van der Waals surface area contributed by atoms with Crippen molar-refractivity contribution in [2.24, 2.45) is 0 Å². The summed E-state index contributed by atoms with van der Waals surface area (Å²) in [7, 11) is 1.85. The fourth-order valence-electron chi connectivity index (χ4n) is 2.13. The van der Waals surface area contributed by atoms with Crippen molar-refractivity contribution in [1.29, 1.82) is 0 Å². The molecular formula is C13H19N3O. The molecule has 2 rings (SSSR count). The van der Waals surface area contributed by atoms with Crippen LogP contribution in [-0.4, -0.2) is 47.7 Å². The SMILES string of the molecule is CCN1CN(Cc2ccccc2)CN(C)C1=O. The van der Waals surface area contributed by atoms with Crippen LogP contribution in [0.2, 0.25) is 0 Å². The second-order valence-electron chi connectivity index (χ2n) is 4.43. The highest BCUT2D eigenvalue weighted by Crippen LogP contribution is 2.12. The van der Waals surface area contributed by atoms with E-state index in [2.05, 4.69) is 17.0 Å². The van der Waals surface area contributed by atoms with Crippen molar-refractivity contribution in [2.45, 2.75) is 13.5 Å². The van der Waals surface area contributed by atoms with E-state index in [1.54, 1.807) is 4.90 Å². The molecule has 0 unspecified atom stereocenters. The number of amides is 2. The van der Waals surface area contributed by atoms with Gasteiger partial charge in [-0.15, -0.1) is 0 Å². The summed E-state index contributed by atoms with van der Waals surface area (Å²) in [5, 5.41) is 0. The Hall–Kier alpha value is -1.55. The van der Waals surface area contributed by atoms with Gasteiger partial charge in [0.05, 0.1) is 13.3 Å². The Labute approximate surface area is 102 Å². The minimum atomic E-state index is 0.122. The smallest absolute Gasteiger partial charge is 0.315 e. The third-order valence-corrected chi connectivity index (χ3v) is 3.01. The fraction of sp³-hybridized carbons (Fsp3) is 0.462. The van der Waals surface area contributed by atoms with E-state index >= 15 is 0 Å². The highest BCUT2D eigenvalue weighted by atomic mass is 16.2. The van der Waals surface area contributed by atoms with E-state index in [0.717, 1.165) is 13.1 Å². The molecule has 4 nitrogen and oxygen atoms in total. The highest BCUT2D eigenvalue weighted by molar-refractivity contribution is 5.74. The van der Waals surface area contributed by atoms with Gasteiger partial charge in [-0.05, 0) is 12.5 Å². The topological polar surface area (TPSA) is 26.8 Å². The molecule has 0 aromatic heterocycles. The fourth-order valence-corrected chi connectivity index (χ4v) is 2.13. The van der Waals surface area contributed by atoms with Gasteiger partial charge in [0.15, 0.2) is 0 Å². The van der Waals surface area contributed by atoms with Gasteiger partial charge in [0, 0.05) is 20.1 Å². The van der Waals surface area contributed by atoms with E-state index in [4.69, 9.17) is 0 Å². The first-order valence-electron chi connectivity index (χ1n) is 5.97. The lowest BCUT2D eigenvalue weighted by atomic mass is 10.2. The second kappa shape index (κ2) is 5.19. The van der Waals surface area contributed by atoms with Crippen LogP contribution in [0, 0.1) is 0 Å². The first-order valence-corrected chi connectivity index (χ1v) is 5.97. The Morgan fingerprint density at radius 3 is 2.53 bits per heavy atom. The molecule has 92 valence electrons. The average Bonchev–Trinajstić information content (AvgIpc) is 2.35. The number of rotatable bonds is 3. The van der Waals surface area contributed by atoms with Crippen molar-refractivity contribution >= 4 is 6.03 Å². The molecule has 2 amide bonds. The predicted molar refractivity (Wildman–Crippen MR) is 67.3 cm³/mol. The number of carbonyl (C=O) groups is 1. The quantitative estimate of drug-likeness (QED) is 0.796. The molecule has 0 bridgehead atoms. The van der Waals surface area contributed by atoms with Gasteiger partial charge in [0.25, 0.3) is 0 Å². The summed E-state index contributed by atoms with van der Waals surface area (Å²) in [6, 6.07) is 10.5. The maximum atomic E-state index is 11.8. The van der Waals surface area contributed by atoms with E-state index in [1.165, 1.54) is 5.56 Å². The normalized spacial score (nSPS) is 17.6. The zero-order valence-corrected chi connectivity index (χ0v) is 10.5. The molecule has 1 aliphatic heterocycles. The molecule has 0 radical (unpaired) electrons. The first kappa shape index (κ1) is 11.9. The molecule has 4 heteroatoms. The van der Waals surface area contributed by atoms with Crippen molar-refractivity contribution in [3.8, 4) is 0 Å². The maximum Gasteiger partial charge on any atom is 0.321 e. The van der Waals surface area contributed by atoms with Crippen LogP contribution in [0.1, 0.15) is 12.5 Å². The molecule has 0 saturated carbocycles. The third-order valence-electron chi connectivity index (χ3n) is 3.01. The lowest BCUT2D eigenvalue weighted by Gasteiger charge is -2.40. The number of hydrogen-bond acceptors (Lipinski definition) is 2. The van der Waals surface area contributed by atoms with Gasteiger partial charge in [-0.25, -0.2) is 4.79 Å². The van der Waals surface area contributed by atoms with Gasteiger partial charge in [0.1, 0.15) is 0 Å². The van der Waals surface area contributed by atoms with E-state index in [0.29, 0.717) is 13.3 Å². The molecule has 1 aliphatic rings. The summed E-state index contributed by atoms with van der Waals surface area (Å²) in [5.41, 5.74) is 1.28. The van der Waals surface area contributed by atoms with Crippen molar-refractivity contribution in [3.63, 3.8) is 0 Å². The second-order valence-corrected chi connectivity index (χ2v) is 4.43. The molecule has 0 N–H and O–H groups in total. The Bertz CT molecular complexity index is 380. The van der Waals surface area contributed by atoms with Crippen molar-refractivity contribution < 1.29 is 4.79 Å². The van der Waals surface area contributed by atoms with E-state index < -0.39 is 0 Å². The molecule has 17 heavy (non-hydrogen) atoms. The van der Waals surface area contributed by atoms with Gasteiger partial charge in [-0.1, -0.05) is 30.3 Å². The van der Waals surface area contributed by atoms with Crippen molar-refractivity contribution in [3.05, 3.63) is 35.9 Å². The number of nitrogens with zero attached hydrogens (tertiary/aromatic N) is 3. The number of carbonyl (C=O) groups excluding carboxylic acids is 1. The van der Waals surface area contributed by atoms with Crippen LogP contribution >= 0.6 is 0 Å². The monoisotopic (exact) mass is 233 g/mol.